The molecule has 0 radical (unpaired) electrons. The van der Waals surface area contributed by atoms with E-state index < -0.39 is 5.60 Å². The van der Waals surface area contributed by atoms with Gasteiger partial charge in [0.2, 0.25) is 0 Å². The van der Waals surface area contributed by atoms with Crippen molar-refractivity contribution in [1.29, 1.82) is 0 Å². The summed E-state index contributed by atoms with van der Waals surface area (Å²) >= 11 is 6.54. The van der Waals surface area contributed by atoms with Gasteiger partial charge in [0.25, 0.3) is 0 Å². The van der Waals surface area contributed by atoms with E-state index in [1.807, 2.05) is 50.1 Å². The summed E-state index contributed by atoms with van der Waals surface area (Å²) in [6, 6.07) is 10.2. The largest absolute Gasteiger partial charge is 0.384 e. The van der Waals surface area contributed by atoms with Crippen molar-refractivity contribution in [3.8, 4) is 11.3 Å². The number of halogens is 1. The molecule has 4 aromatic heterocycles. The van der Waals surface area contributed by atoms with Gasteiger partial charge in [0.15, 0.2) is 0 Å². The van der Waals surface area contributed by atoms with Crippen molar-refractivity contribution in [3.63, 3.8) is 0 Å². The van der Waals surface area contributed by atoms with Crippen molar-refractivity contribution >= 4 is 33.7 Å². The molecule has 0 bridgehead atoms. The van der Waals surface area contributed by atoms with Gasteiger partial charge in [-0.25, -0.2) is 4.68 Å². The summed E-state index contributed by atoms with van der Waals surface area (Å²) in [5.41, 5.74) is 6.83. The molecular formula is C28H32ClN7O2. The Labute approximate surface area is 226 Å². The van der Waals surface area contributed by atoms with Gasteiger partial charge >= 0.3 is 0 Å². The summed E-state index contributed by atoms with van der Waals surface area (Å²) in [6.45, 7) is 6.93. The first-order chi connectivity index (χ1) is 18.1. The number of aryl methyl sites for hydroxylation is 3. The van der Waals surface area contributed by atoms with Crippen LogP contribution in [-0.4, -0.2) is 52.6 Å². The molecule has 5 aromatic rings. The fraction of sp³-hybridized carbons (Fsp3) is 0.429. The van der Waals surface area contributed by atoms with Gasteiger partial charge in [-0.15, -0.1) is 5.10 Å². The minimum absolute atomic E-state index is 0.0642. The highest BCUT2D eigenvalue weighted by Gasteiger charge is 2.35. The zero-order valence-corrected chi connectivity index (χ0v) is 23.1. The highest BCUT2D eigenvalue weighted by atomic mass is 35.5. The van der Waals surface area contributed by atoms with Gasteiger partial charge in [-0.2, -0.15) is 5.10 Å². The quantitative estimate of drug-likeness (QED) is 0.344. The predicted octanol–water partition coefficient (Wildman–Crippen LogP) is 4.92. The fourth-order valence-corrected chi connectivity index (χ4v) is 6.19. The maximum Gasteiger partial charge on any atom is 0.118 e. The number of hydrogen-bond acceptors (Lipinski definition) is 6. The van der Waals surface area contributed by atoms with Crippen molar-refractivity contribution in [3.05, 3.63) is 58.5 Å². The van der Waals surface area contributed by atoms with E-state index in [2.05, 4.69) is 27.0 Å². The molecule has 1 aromatic carbocycles. The summed E-state index contributed by atoms with van der Waals surface area (Å²) in [5, 5.41) is 25.2. The second-order valence-electron chi connectivity index (χ2n) is 10.8. The molecule has 10 heteroatoms. The fourth-order valence-electron chi connectivity index (χ4n) is 5.99. The van der Waals surface area contributed by atoms with Gasteiger partial charge in [0.05, 0.1) is 28.5 Å². The number of ether oxygens (including phenoxy) is 1. The third-order valence-electron chi connectivity index (χ3n) is 7.64. The van der Waals surface area contributed by atoms with Crippen LogP contribution >= 0.6 is 11.6 Å². The predicted molar refractivity (Wildman–Crippen MR) is 147 cm³/mol. The monoisotopic (exact) mass is 533 g/mol. The molecule has 1 aliphatic heterocycles. The first kappa shape index (κ1) is 25.0. The van der Waals surface area contributed by atoms with E-state index in [4.69, 9.17) is 26.4 Å². The molecule has 9 nitrogen and oxygen atoms in total. The standard InChI is InChI=1S/C28H32ClN7O2/c1-16-23(35(5)33-31-16)19-14-21-22(30-15-19)25-26(27(28(2,3)37)32-34(25)4)36(21)24(17-9-11-38-12-10-17)18-7-6-8-20(29)13-18/h6-8,13-15,17,24,37H,9-12H2,1-5H3. The van der Waals surface area contributed by atoms with Crippen LogP contribution in [0.4, 0.5) is 0 Å². The van der Waals surface area contributed by atoms with Gasteiger partial charge in [-0.3, -0.25) is 9.67 Å². The topological polar surface area (TPSA) is 95.8 Å². The lowest BCUT2D eigenvalue weighted by atomic mass is 9.86. The zero-order chi connectivity index (χ0) is 26.8. The molecule has 1 N–H and O–H groups in total. The maximum atomic E-state index is 11.3. The van der Waals surface area contributed by atoms with E-state index >= 15 is 0 Å². The summed E-state index contributed by atoms with van der Waals surface area (Å²) in [5.74, 6) is 0.291. The number of rotatable bonds is 5. The normalized spacial score (nSPS) is 16.1. The van der Waals surface area contributed by atoms with Gasteiger partial charge in [0, 0.05) is 44.1 Å². The Balaban J connectivity index is 1.74. The lowest BCUT2D eigenvalue weighted by Crippen LogP contribution is -2.28. The number of aromatic nitrogens is 7. The maximum absolute atomic E-state index is 11.3. The van der Waals surface area contributed by atoms with Crippen LogP contribution in [0.15, 0.2) is 36.5 Å². The zero-order valence-electron chi connectivity index (χ0n) is 22.3. The van der Waals surface area contributed by atoms with Crippen molar-refractivity contribution in [2.45, 2.75) is 45.3 Å². The Morgan fingerprint density at radius 3 is 2.53 bits per heavy atom. The van der Waals surface area contributed by atoms with Crippen LogP contribution in [0.2, 0.25) is 5.02 Å². The van der Waals surface area contributed by atoms with E-state index in [1.165, 1.54) is 0 Å². The van der Waals surface area contributed by atoms with E-state index in [9.17, 15) is 5.11 Å². The van der Waals surface area contributed by atoms with Gasteiger partial charge in [-0.05, 0) is 63.3 Å². The molecule has 38 heavy (non-hydrogen) atoms. The van der Waals surface area contributed by atoms with E-state index in [0.717, 1.165) is 57.4 Å². The number of nitrogens with zero attached hydrogens (tertiary/aromatic N) is 7. The minimum atomic E-state index is -1.16. The van der Waals surface area contributed by atoms with Gasteiger partial charge in [0.1, 0.15) is 22.3 Å². The number of hydrogen-bond donors (Lipinski definition) is 1. The van der Waals surface area contributed by atoms with Crippen molar-refractivity contribution < 1.29 is 9.84 Å². The van der Waals surface area contributed by atoms with Gasteiger partial charge in [-0.1, -0.05) is 28.9 Å². The van der Waals surface area contributed by atoms with Crippen LogP contribution in [0.25, 0.3) is 33.3 Å². The third kappa shape index (κ3) is 4.00. The Hall–Kier alpha value is -3.27. The molecule has 198 valence electrons. The average Bonchev–Trinajstić information content (AvgIpc) is 3.51. The minimum Gasteiger partial charge on any atom is -0.384 e. The molecule has 5 heterocycles. The highest BCUT2D eigenvalue weighted by molar-refractivity contribution is 6.30. The smallest absolute Gasteiger partial charge is 0.118 e. The molecule has 1 saturated heterocycles. The number of fused-ring (bicyclic) bond motifs is 3. The van der Waals surface area contributed by atoms with Crippen molar-refractivity contribution in [1.82, 2.24) is 34.3 Å². The Bertz CT molecular complexity index is 1630. The summed E-state index contributed by atoms with van der Waals surface area (Å²) in [4.78, 5) is 4.98. The Morgan fingerprint density at radius 2 is 1.87 bits per heavy atom. The van der Waals surface area contributed by atoms with Gasteiger partial charge < -0.3 is 14.4 Å². The lowest BCUT2D eigenvalue weighted by Gasteiger charge is -2.33. The van der Waals surface area contributed by atoms with E-state index in [-0.39, 0.29) is 6.04 Å². The molecule has 0 saturated carbocycles. The van der Waals surface area contributed by atoms with Crippen molar-refractivity contribution in [2.24, 2.45) is 20.0 Å². The molecule has 1 aliphatic rings. The molecule has 0 spiro atoms. The number of aliphatic hydroxyl groups is 1. The SMILES string of the molecule is Cc1nnn(C)c1-c1cnc2c3c(c(C(C)(C)O)nn3C)n(C(c3cccc(Cl)c3)C3CCOCC3)c2c1. The second kappa shape index (κ2) is 9.18. The molecule has 1 unspecified atom stereocenters. The van der Waals surface area contributed by atoms with E-state index in [1.54, 1.807) is 18.5 Å². The summed E-state index contributed by atoms with van der Waals surface area (Å²) in [7, 11) is 3.80. The average molecular weight is 534 g/mol. The van der Waals surface area contributed by atoms with Crippen LogP contribution in [0.1, 0.15) is 49.7 Å². The first-order valence-corrected chi connectivity index (χ1v) is 13.3. The Morgan fingerprint density at radius 1 is 1.11 bits per heavy atom. The van der Waals surface area contributed by atoms with E-state index in [0.29, 0.717) is 29.8 Å². The lowest BCUT2D eigenvalue weighted by molar-refractivity contribution is 0.0547. The highest BCUT2D eigenvalue weighted by Crippen LogP contribution is 2.43. The molecular weight excluding hydrogens is 502 g/mol. The van der Waals surface area contributed by atoms with Crippen LogP contribution in [0.5, 0.6) is 0 Å². The summed E-state index contributed by atoms with van der Waals surface area (Å²) in [6.07, 6.45) is 3.69. The summed E-state index contributed by atoms with van der Waals surface area (Å²) < 4.78 is 11.7. The van der Waals surface area contributed by atoms with Crippen LogP contribution < -0.4 is 0 Å². The third-order valence-corrected chi connectivity index (χ3v) is 7.88. The molecule has 6 rings (SSSR count). The molecule has 0 amide bonds. The Kier molecular flexibility index (Phi) is 6.05. The van der Waals surface area contributed by atoms with Crippen LogP contribution in [-0.2, 0) is 24.4 Å². The second-order valence-corrected chi connectivity index (χ2v) is 11.2. The van der Waals surface area contributed by atoms with Crippen molar-refractivity contribution in [2.75, 3.05) is 13.2 Å². The van der Waals surface area contributed by atoms with Crippen LogP contribution in [0, 0.1) is 12.8 Å². The number of pyridine rings is 1. The molecule has 1 fully saturated rings. The molecule has 1 atom stereocenters. The van der Waals surface area contributed by atoms with Crippen LogP contribution in [0.3, 0.4) is 0 Å². The first-order valence-electron chi connectivity index (χ1n) is 12.9. The number of benzene rings is 1. The molecule has 0 aliphatic carbocycles.